The molecular formula is C23H28FN5O3. The molecule has 2 heterocycles. The number of carbonyl (C=O) groups is 2. The first-order valence-electron chi connectivity index (χ1n) is 10.6. The van der Waals surface area contributed by atoms with Crippen molar-refractivity contribution in [2.75, 3.05) is 25.4 Å². The summed E-state index contributed by atoms with van der Waals surface area (Å²) in [5.74, 6) is 0.400. The van der Waals surface area contributed by atoms with E-state index >= 15 is 0 Å². The number of amides is 2. The Kier molecular flexibility index (Phi) is 7.75. The van der Waals surface area contributed by atoms with Gasteiger partial charge in [0.05, 0.1) is 18.4 Å². The summed E-state index contributed by atoms with van der Waals surface area (Å²) in [6, 6.07) is 4.66. The summed E-state index contributed by atoms with van der Waals surface area (Å²) in [7, 11) is 0. The van der Waals surface area contributed by atoms with E-state index in [0.29, 0.717) is 36.6 Å². The number of piperidine rings is 1. The number of primary amides is 1. The third kappa shape index (κ3) is 6.26. The molecule has 1 aliphatic heterocycles. The number of likely N-dealkylation sites (tertiary alicyclic amines) is 1. The molecule has 1 aliphatic carbocycles. The number of carbonyl (C=O) groups excluding carboxylic acids is 2. The van der Waals surface area contributed by atoms with Gasteiger partial charge in [-0.25, -0.2) is 14.4 Å². The van der Waals surface area contributed by atoms with Crippen molar-refractivity contribution in [2.45, 2.75) is 31.6 Å². The summed E-state index contributed by atoms with van der Waals surface area (Å²) in [6.07, 6.45) is 8.55. The van der Waals surface area contributed by atoms with E-state index in [4.69, 9.17) is 16.2 Å². The second kappa shape index (κ2) is 10.7. The second-order valence-corrected chi connectivity index (χ2v) is 7.96. The molecule has 2 aromatic rings. The number of halogens is 1. The van der Waals surface area contributed by atoms with E-state index in [2.05, 4.69) is 16.5 Å². The van der Waals surface area contributed by atoms with Crippen LogP contribution < -0.4 is 16.2 Å². The average Bonchev–Trinajstić information content (AvgIpc) is 3.64. The molecule has 1 aromatic carbocycles. The minimum Gasteiger partial charge on any atom is -0.488 e. The Bertz CT molecular complexity index is 980. The zero-order valence-electron chi connectivity index (χ0n) is 17.9. The first-order chi connectivity index (χ1) is 15.4. The number of ether oxygens (including phenoxy) is 1. The Labute approximate surface area is 186 Å². The van der Waals surface area contributed by atoms with Gasteiger partial charge in [0, 0.05) is 19.0 Å². The molecule has 4 rings (SSSR count). The lowest BCUT2D eigenvalue weighted by molar-refractivity contribution is -0.127. The summed E-state index contributed by atoms with van der Waals surface area (Å²) in [4.78, 5) is 31.8. The van der Waals surface area contributed by atoms with Crippen LogP contribution in [0.3, 0.4) is 0 Å². The highest BCUT2D eigenvalue weighted by molar-refractivity contribution is 5.93. The largest absolute Gasteiger partial charge is 0.488 e. The van der Waals surface area contributed by atoms with Gasteiger partial charge in [0.1, 0.15) is 12.1 Å². The monoisotopic (exact) mass is 441 g/mol. The molecule has 2 fully saturated rings. The van der Waals surface area contributed by atoms with Crippen molar-refractivity contribution in [2.24, 2.45) is 11.7 Å². The van der Waals surface area contributed by atoms with Gasteiger partial charge in [-0.3, -0.25) is 9.59 Å². The van der Waals surface area contributed by atoms with Crippen molar-refractivity contribution in [1.82, 2.24) is 14.9 Å². The molecule has 1 aromatic heterocycles. The molecular weight excluding hydrogens is 413 g/mol. The van der Waals surface area contributed by atoms with E-state index in [-0.39, 0.29) is 11.5 Å². The highest BCUT2D eigenvalue weighted by Gasteiger charge is 2.25. The number of aromatic nitrogens is 2. The number of nitrogens with two attached hydrogens (primary N) is 2. The van der Waals surface area contributed by atoms with E-state index in [9.17, 15) is 14.0 Å². The third-order valence-electron chi connectivity index (χ3n) is 5.49. The summed E-state index contributed by atoms with van der Waals surface area (Å²) in [5.41, 5.74) is 11.6. The normalized spacial score (nSPS) is 17.7. The molecule has 1 saturated carbocycles. The molecule has 4 N–H and O–H groups in total. The number of nitrogens with zero attached hydrogens (tertiary/aromatic N) is 3. The Morgan fingerprint density at radius 3 is 2.72 bits per heavy atom. The van der Waals surface area contributed by atoms with Crippen molar-refractivity contribution < 1.29 is 18.7 Å². The molecule has 1 atom stereocenters. The molecule has 170 valence electrons. The first-order valence-corrected chi connectivity index (χ1v) is 10.6. The number of rotatable bonds is 6. The number of hydrogen-bond donors (Lipinski definition) is 2. The van der Waals surface area contributed by atoms with Gasteiger partial charge < -0.3 is 21.1 Å². The lowest BCUT2D eigenvalue weighted by atomic mass is 9.99. The van der Waals surface area contributed by atoms with Crippen molar-refractivity contribution >= 4 is 17.6 Å². The maximum absolute atomic E-state index is 13.2. The van der Waals surface area contributed by atoms with Gasteiger partial charge in [0.25, 0.3) is 5.91 Å². The van der Waals surface area contributed by atoms with Gasteiger partial charge >= 0.3 is 0 Å². The quantitative estimate of drug-likeness (QED) is 0.664. The Morgan fingerprint density at radius 1 is 1.31 bits per heavy atom. The molecule has 9 heteroatoms. The van der Waals surface area contributed by atoms with E-state index in [1.165, 1.54) is 24.5 Å². The number of hydrogen-bond acceptors (Lipinski definition) is 6. The second-order valence-electron chi connectivity index (χ2n) is 7.96. The van der Waals surface area contributed by atoms with Crippen LogP contribution in [-0.4, -0.2) is 46.4 Å². The molecule has 2 aliphatic rings. The Balaban J connectivity index is 0.000000193. The van der Waals surface area contributed by atoms with Crippen LogP contribution in [0.5, 0.6) is 5.75 Å². The van der Waals surface area contributed by atoms with Gasteiger partial charge in [0.15, 0.2) is 11.6 Å². The predicted molar refractivity (Wildman–Crippen MR) is 118 cm³/mol. The van der Waals surface area contributed by atoms with Crippen molar-refractivity contribution in [1.29, 1.82) is 0 Å². The van der Waals surface area contributed by atoms with Crippen LogP contribution in [0.1, 0.15) is 47.5 Å². The van der Waals surface area contributed by atoms with Gasteiger partial charge in [-0.15, -0.1) is 0 Å². The molecule has 0 spiro atoms. The molecule has 2 amide bonds. The van der Waals surface area contributed by atoms with Crippen molar-refractivity contribution in [3.63, 3.8) is 0 Å². The average molecular weight is 442 g/mol. The fourth-order valence-corrected chi connectivity index (χ4v) is 3.58. The summed E-state index contributed by atoms with van der Waals surface area (Å²) in [6.45, 7) is 5.51. The Hall–Kier alpha value is -3.49. The van der Waals surface area contributed by atoms with Crippen molar-refractivity contribution in [3.05, 3.63) is 60.3 Å². The van der Waals surface area contributed by atoms with Gasteiger partial charge in [-0.05, 0) is 55.4 Å². The molecule has 0 radical (unpaired) electrons. The maximum atomic E-state index is 13.2. The molecule has 1 unspecified atom stereocenters. The van der Waals surface area contributed by atoms with E-state index in [0.717, 1.165) is 37.8 Å². The first kappa shape index (κ1) is 23.2. The molecule has 0 bridgehead atoms. The molecule has 1 saturated heterocycles. The van der Waals surface area contributed by atoms with Gasteiger partial charge in [-0.2, -0.15) is 0 Å². The number of benzene rings is 1. The topological polar surface area (TPSA) is 124 Å². The zero-order valence-corrected chi connectivity index (χ0v) is 17.9. The minimum atomic E-state index is -0.708. The highest BCUT2D eigenvalue weighted by atomic mass is 19.1. The van der Waals surface area contributed by atoms with E-state index in [1.807, 2.05) is 0 Å². The standard InChI is InChI=1S/C13H18N4O2.C10H10FNO/c1-2-12(18)17-5-3-4-10(7-17)8-19-11-6-15-9-16-13(11)14;11-9-5-7(6-1-2-6)3-4-8(9)10(12)13/h2,6,9-10H,1,3-5,7-8H2,(H2,14,15,16);3-6H,1-2H2,(H2,12,13). The smallest absolute Gasteiger partial charge is 0.251 e. The van der Waals surface area contributed by atoms with Gasteiger partial charge in [0.2, 0.25) is 5.91 Å². The lowest BCUT2D eigenvalue weighted by Gasteiger charge is -2.31. The fourth-order valence-electron chi connectivity index (χ4n) is 3.58. The van der Waals surface area contributed by atoms with Crippen LogP contribution in [0.15, 0.2) is 43.4 Å². The number of nitrogen functional groups attached to an aromatic ring is 1. The summed E-state index contributed by atoms with van der Waals surface area (Å²) < 4.78 is 18.8. The predicted octanol–water partition coefficient (Wildman–Crippen LogP) is 2.66. The van der Waals surface area contributed by atoms with Crippen LogP contribution in [0.4, 0.5) is 10.2 Å². The van der Waals surface area contributed by atoms with Crippen LogP contribution in [0, 0.1) is 11.7 Å². The zero-order chi connectivity index (χ0) is 23.1. The SMILES string of the molecule is C=CC(=O)N1CCCC(COc2cncnc2N)C1.NC(=O)c1ccc(C2CC2)cc1F. The third-order valence-corrected chi connectivity index (χ3v) is 5.49. The minimum absolute atomic E-state index is 0.0211. The van der Waals surface area contributed by atoms with Crippen LogP contribution in [-0.2, 0) is 4.79 Å². The fraction of sp³-hybridized carbons (Fsp3) is 0.391. The molecule has 32 heavy (non-hydrogen) atoms. The summed E-state index contributed by atoms with van der Waals surface area (Å²) >= 11 is 0. The highest BCUT2D eigenvalue weighted by Crippen LogP contribution is 2.40. The van der Waals surface area contributed by atoms with Crippen LogP contribution in [0.25, 0.3) is 0 Å². The van der Waals surface area contributed by atoms with Crippen molar-refractivity contribution in [3.8, 4) is 5.75 Å². The van der Waals surface area contributed by atoms with E-state index in [1.54, 1.807) is 17.2 Å². The molecule has 8 nitrogen and oxygen atoms in total. The van der Waals surface area contributed by atoms with Gasteiger partial charge in [-0.1, -0.05) is 12.6 Å². The maximum Gasteiger partial charge on any atom is 0.251 e. The van der Waals surface area contributed by atoms with Crippen LogP contribution in [0.2, 0.25) is 0 Å². The Morgan fingerprint density at radius 2 is 2.09 bits per heavy atom. The lowest BCUT2D eigenvalue weighted by Crippen LogP contribution is -2.40. The summed E-state index contributed by atoms with van der Waals surface area (Å²) in [5, 5.41) is 0. The van der Waals surface area contributed by atoms with Crippen LogP contribution >= 0.6 is 0 Å². The van der Waals surface area contributed by atoms with E-state index < -0.39 is 11.7 Å². The number of anilines is 1.